The molecule has 102 valence electrons. The van der Waals surface area contributed by atoms with Gasteiger partial charge in [-0.1, -0.05) is 6.92 Å². The highest BCUT2D eigenvalue weighted by molar-refractivity contribution is 7.89. The van der Waals surface area contributed by atoms with Gasteiger partial charge in [-0.2, -0.15) is 0 Å². The van der Waals surface area contributed by atoms with Gasteiger partial charge in [-0.15, -0.1) is 11.6 Å². The third-order valence-corrected chi connectivity index (χ3v) is 4.51. The Labute approximate surface area is 108 Å². The highest BCUT2D eigenvalue weighted by Crippen LogP contribution is 2.21. The van der Waals surface area contributed by atoms with Crippen LogP contribution in [0, 0.1) is 5.92 Å². The van der Waals surface area contributed by atoms with E-state index in [4.69, 9.17) is 21.1 Å². The summed E-state index contributed by atoms with van der Waals surface area (Å²) in [6, 6.07) is 0. The first-order valence-corrected chi connectivity index (χ1v) is 7.78. The minimum absolute atomic E-state index is 0.0352. The molecule has 17 heavy (non-hydrogen) atoms. The number of hydrogen-bond donors (Lipinski definition) is 1. The maximum atomic E-state index is 11.7. The summed E-state index contributed by atoms with van der Waals surface area (Å²) in [5.41, 5.74) is 0. The molecule has 0 aromatic rings. The lowest BCUT2D eigenvalue weighted by atomic mass is 10.3. The molecule has 0 aromatic heterocycles. The van der Waals surface area contributed by atoms with E-state index in [2.05, 4.69) is 4.72 Å². The first-order valence-electron chi connectivity index (χ1n) is 5.59. The summed E-state index contributed by atoms with van der Waals surface area (Å²) < 4.78 is 36.7. The Morgan fingerprint density at radius 2 is 2.18 bits per heavy atom. The molecule has 1 heterocycles. The van der Waals surface area contributed by atoms with E-state index in [0.717, 1.165) is 0 Å². The van der Waals surface area contributed by atoms with Crippen LogP contribution in [0.2, 0.25) is 0 Å². The van der Waals surface area contributed by atoms with Gasteiger partial charge < -0.3 is 9.47 Å². The third-order valence-electron chi connectivity index (χ3n) is 2.37. The van der Waals surface area contributed by atoms with Crippen molar-refractivity contribution in [2.24, 2.45) is 5.92 Å². The van der Waals surface area contributed by atoms with Crippen molar-refractivity contribution in [3.63, 3.8) is 0 Å². The second kappa shape index (κ2) is 5.84. The molecule has 1 saturated heterocycles. The lowest BCUT2D eigenvalue weighted by molar-refractivity contribution is -0.137. The molecular formula is C10H20ClNO4S. The van der Waals surface area contributed by atoms with Crippen molar-refractivity contribution in [1.82, 2.24) is 4.72 Å². The summed E-state index contributed by atoms with van der Waals surface area (Å²) >= 11 is 5.59. The fourth-order valence-electron chi connectivity index (χ4n) is 1.56. The summed E-state index contributed by atoms with van der Waals surface area (Å²) in [4.78, 5) is 0. The van der Waals surface area contributed by atoms with Crippen LogP contribution in [0.4, 0.5) is 0 Å². The number of halogens is 1. The number of hydrogen-bond acceptors (Lipinski definition) is 4. The zero-order chi connectivity index (χ0) is 13.1. The Balaban J connectivity index is 2.36. The Morgan fingerprint density at radius 3 is 2.65 bits per heavy atom. The van der Waals surface area contributed by atoms with Crippen molar-refractivity contribution >= 4 is 21.6 Å². The van der Waals surface area contributed by atoms with Gasteiger partial charge in [-0.3, -0.25) is 0 Å². The quantitative estimate of drug-likeness (QED) is 0.738. The number of ether oxygens (including phenoxy) is 2. The van der Waals surface area contributed by atoms with E-state index in [9.17, 15) is 8.42 Å². The minimum atomic E-state index is -3.29. The summed E-state index contributed by atoms with van der Waals surface area (Å²) in [6.07, 6.45) is -0.230. The Hall–Kier alpha value is 0.120. The van der Waals surface area contributed by atoms with Crippen LogP contribution in [0.3, 0.4) is 0 Å². The maximum absolute atomic E-state index is 11.7. The molecule has 0 amide bonds. The molecule has 0 aliphatic carbocycles. The predicted octanol–water partition coefficient (Wildman–Crippen LogP) is 0.932. The lowest BCUT2D eigenvalue weighted by Gasteiger charge is -2.17. The largest absolute Gasteiger partial charge is 0.348 e. The molecule has 1 aliphatic heterocycles. The molecule has 1 N–H and O–H groups in total. The second-order valence-electron chi connectivity index (χ2n) is 4.84. The van der Waals surface area contributed by atoms with E-state index in [1.807, 2.05) is 0 Å². The maximum Gasteiger partial charge on any atom is 0.211 e. The highest BCUT2D eigenvalue weighted by Gasteiger charge is 2.33. The molecule has 2 unspecified atom stereocenters. The van der Waals surface area contributed by atoms with Crippen LogP contribution in [-0.4, -0.2) is 45.1 Å². The summed E-state index contributed by atoms with van der Waals surface area (Å²) in [6.45, 7) is 6.04. The number of nitrogens with one attached hydrogen (secondary N) is 1. The molecule has 1 rings (SSSR count). The van der Waals surface area contributed by atoms with Gasteiger partial charge in [-0.05, 0) is 19.8 Å². The molecule has 0 spiro atoms. The van der Waals surface area contributed by atoms with E-state index in [1.54, 1.807) is 20.8 Å². The molecule has 0 saturated carbocycles. The zero-order valence-corrected chi connectivity index (χ0v) is 12.0. The molecule has 1 fully saturated rings. The molecule has 0 bridgehead atoms. The van der Waals surface area contributed by atoms with E-state index in [-0.39, 0.29) is 24.3 Å². The fourth-order valence-corrected chi connectivity index (χ4v) is 3.22. The van der Waals surface area contributed by atoms with Crippen LogP contribution in [0.25, 0.3) is 0 Å². The molecule has 1 aliphatic rings. The Morgan fingerprint density at radius 1 is 1.53 bits per heavy atom. The van der Waals surface area contributed by atoms with Crippen molar-refractivity contribution in [3.05, 3.63) is 0 Å². The highest BCUT2D eigenvalue weighted by atomic mass is 35.5. The summed E-state index contributed by atoms with van der Waals surface area (Å²) in [5.74, 6) is -0.323. The average molecular weight is 286 g/mol. The van der Waals surface area contributed by atoms with Crippen LogP contribution in [0.15, 0.2) is 0 Å². The molecule has 2 atom stereocenters. The number of alkyl halides is 1. The van der Waals surface area contributed by atoms with Gasteiger partial charge in [0.05, 0.1) is 18.5 Å². The van der Waals surface area contributed by atoms with Crippen molar-refractivity contribution in [1.29, 1.82) is 0 Å². The van der Waals surface area contributed by atoms with E-state index >= 15 is 0 Å². The Kier molecular flexibility index (Phi) is 5.21. The molecule has 0 radical (unpaired) electrons. The average Bonchev–Trinajstić information content (AvgIpc) is 2.55. The first-order chi connectivity index (χ1) is 7.74. The van der Waals surface area contributed by atoms with Crippen molar-refractivity contribution in [2.45, 2.75) is 32.7 Å². The molecule has 0 aromatic carbocycles. The molecular weight excluding hydrogens is 266 g/mol. The van der Waals surface area contributed by atoms with Gasteiger partial charge >= 0.3 is 0 Å². The summed E-state index contributed by atoms with van der Waals surface area (Å²) in [5, 5.41) is 0. The van der Waals surface area contributed by atoms with Gasteiger partial charge in [0.15, 0.2) is 5.79 Å². The van der Waals surface area contributed by atoms with Crippen LogP contribution >= 0.6 is 11.6 Å². The van der Waals surface area contributed by atoms with Crippen LogP contribution in [0.5, 0.6) is 0 Å². The van der Waals surface area contributed by atoms with Crippen LogP contribution < -0.4 is 4.72 Å². The topological polar surface area (TPSA) is 64.6 Å². The number of rotatable bonds is 6. The zero-order valence-electron chi connectivity index (χ0n) is 10.4. The van der Waals surface area contributed by atoms with E-state index in [0.29, 0.717) is 12.5 Å². The SMILES string of the molecule is CC(CCl)CS(=O)(=O)NCC1COC(C)(C)O1. The van der Waals surface area contributed by atoms with Gasteiger partial charge in [0.1, 0.15) is 0 Å². The summed E-state index contributed by atoms with van der Waals surface area (Å²) in [7, 11) is -3.29. The van der Waals surface area contributed by atoms with Crippen LogP contribution in [-0.2, 0) is 19.5 Å². The van der Waals surface area contributed by atoms with Gasteiger partial charge in [-0.25, -0.2) is 13.1 Å². The number of sulfonamides is 1. The van der Waals surface area contributed by atoms with Crippen molar-refractivity contribution in [2.75, 3.05) is 24.8 Å². The van der Waals surface area contributed by atoms with Gasteiger partial charge in [0.2, 0.25) is 10.0 Å². The van der Waals surface area contributed by atoms with Gasteiger partial charge in [0.25, 0.3) is 0 Å². The van der Waals surface area contributed by atoms with Gasteiger partial charge in [0, 0.05) is 12.4 Å². The van der Waals surface area contributed by atoms with E-state index in [1.165, 1.54) is 0 Å². The molecule has 5 nitrogen and oxygen atoms in total. The van der Waals surface area contributed by atoms with Crippen molar-refractivity contribution < 1.29 is 17.9 Å². The monoisotopic (exact) mass is 285 g/mol. The van der Waals surface area contributed by atoms with E-state index < -0.39 is 15.8 Å². The predicted molar refractivity (Wildman–Crippen MR) is 66.6 cm³/mol. The standard InChI is InChI=1S/C10H20ClNO4S/c1-8(4-11)7-17(13,14)12-5-9-6-15-10(2,3)16-9/h8-9,12H,4-7H2,1-3H3. The normalized spacial score (nSPS) is 26.0. The van der Waals surface area contributed by atoms with Crippen molar-refractivity contribution in [3.8, 4) is 0 Å². The minimum Gasteiger partial charge on any atom is -0.348 e. The van der Waals surface area contributed by atoms with Crippen LogP contribution in [0.1, 0.15) is 20.8 Å². The smallest absolute Gasteiger partial charge is 0.211 e. The fraction of sp³-hybridized carbons (Fsp3) is 1.00. The lowest BCUT2D eigenvalue weighted by Crippen LogP contribution is -2.37. The second-order valence-corrected chi connectivity index (χ2v) is 7.00. The molecule has 7 heteroatoms. The Bertz CT molecular complexity index is 344. The first kappa shape index (κ1) is 15.2. The third kappa shape index (κ3) is 5.52.